The molecule has 1 rings (SSSR count). The quantitative estimate of drug-likeness (QED) is 0.514. The van der Waals surface area contributed by atoms with Crippen LogP contribution in [0.2, 0.25) is 0 Å². The average Bonchev–Trinajstić information content (AvgIpc) is 2.16. The number of carbonyl (C=O) groups excluding carboxylic acids is 1. The summed E-state index contributed by atoms with van der Waals surface area (Å²) < 4.78 is 8.81. The van der Waals surface area contributed by atoms with E-state index in [1.807, 2.05) is 22.9 Å². The van der Waals surface area contributed by atoms with Crippen molar-refractivity contribution < 1.29 is 9.53 Å². The van der Waals surface area contributed by atoms with Crippen molar-refractivity contribution >= 4 is 50.8 Å². The summed E-state index contributed by atoms with van der Waals surface area (Å²) in [6.45, 7) is 0. The van der Waals surface area contributed by atoms with Crippen LogP contribution in [0.1, 0.15) is 10.4 Å². The molecule has 0 spiro atoms. The second-order valence-corrected chi connectivity index (χ2v) is 3.74. The van der Waals surface area contributed by atoms with Crippen molar-refractivity contribution in [2.75, 3.05) is 10.6 Å². The Labute approximate surface area is 98.5 Å². The maximum Gasteiger partial charge on any atom is 0.152 e. The molecule has 0 unspecified atom stereocenters. The molecule has 0 aliphatic carbocycles. The smallest absolute Gasteiger partial charge is 0.152 e. The molecule has 0 saturated carbocycles. The number of carbonyl (C=O) groups is 1. The summed E-state index contributed by atoms with van der Waals surface area (Å²) in [6, 6.07) is 3.53. The van der Waals surface area contributed by atoms with Gasteiger partial charge in [-0.25, -0.2) is 0 Å². The average molecular weight is 356 g/mol. The highest BCUT2D eigenvalue weighted by molar-refractivity contribution is 14.1. The third-order valence-electron chi connectivity index (χ3n) is 1.54. The highest BCUT2D eigenvalue weighted by Crippen LogP contribution is 2.32. The van der Waals surface area contributed by atoms with Gasteiger partial charge in [0.25, 0.3) is 0 Å². The van der Waals surface area contributed by atoms with Crippen LogP contribution in [-0.4, -0.2) is 13.4 Å². The topological polar surface area (TPSA) is 38.3 Å². The van der Waals surface area contributed by atoms with Crippen molar-refractivity contribution in [3.63, 3.8) is 0 Å². The van der Waals surface area contributed by atoms with Gasteiger partial charge < -0.3 is 8.27 Å². The molecule has 5 heteroatoms. The second kappa shape index (κ2) is 4.80. The summed E-state index contributed by atoms with van der Waals surface area (Å²) in [6.07, 6.45) is 0.786. The first-order valence-corrected chi connectivity index (χ1v) is 5.29. The zero-order chi connectivity index (χ0) is 9.84. The van der Waals surface area contributed by atoms with E-state index in [4.69, 9.17) is 4.74 Å². The van der Waals surface area contributed by atoms with Crippen molar-refractivity contribution in [3.05, 3.63) is 22.2 Å². The third-order valence-corrected chi connectivity index (χ3v) is 2.54. The van der Waals surface area contributed by atoms with Crippen molar-refractivity contribution in [1.82, 2.24) is 0 Å². The molecule has 0 aliphatic heterocycles. The number of ether oxygens (including phenoxy) is 1. The number of benzene rings is 1. The van der Waals surface area contributed by atoms with Gasteiger partial charge in [0.1, 0.15) is 5.75 Å². The fourth-order valence-electron chi connectivity index (χ4n) is 0.957. The molecule has 3 nitrogen and oxygen atoms in total. The number of halogens is 2. The first-order chi connectivity index (χ1) is 6.22. The summed E-state index contributed by atoms with van der Waals surface area (Å²) in [5.74, 6) is 0.644. The van der Waals surface area contributed by atoms with Crippen molar-refractivity contribution in [2.45, 2.75) is 0 Å². The normalized spacial score (nSPS) is 9.46. The van der Waals surface area contributed by atoms with Gasteiger partial charge in [-0.05, 0) is 12.1 Å². The largest absolute Gasteiger partial charge is 0.494 e. The zero-order valence-corrected chi connectivity index (χ0v) is 10.5. The van der Waals surface area contributed by atoms with Crippen molar-refractivity contribution in [2.24, 2.45) is 0 Å². The van der Waals surface area contributed by atoms with Gasteiger partial charge in [0.2, 0.25) is 0 Å². The molecule has 0 aliphatic rings. The molecule has 0 aromatic heterocycles. The Hall–Kier alpha value is -0.300. The van der Waals surface area contributed by atoms with Crippen LogP contribution in [-0.2, 0) is 0 Å². The number of hydrogen-bond donors (Lipinski definition) is 1. The molecule has 0 heterocycles. The van der Waals surface area contributed by atoms with Crippen LogP contribution in [0.5, 0.6) is 5.75 Å². The molecule has 1 aromatic rings. The summed E-state index contributed by atoms with van der Waals surface area (Å²) in [7, 11) is 1.56. The summed E-state index contributed by atoms with van der Waals surface area (Å²) in [4.78, 5) is 10.7. The molecule has 0 amide bonds. The SMILES string of the molecule is COc1cc(Br)cc(C=O)c1NI. The Balaban J connectivity index is 3.33. The van der Waals surface area contributed by atoms with E-state index in [0.717, 1.165) is 10.8 Å². The number of methoxy groups -OCH3 is 1. The monoisotopic (exact) mass is 355 g/mol. The van der Waals surface area contributed by atoms with Gasteiger partial charge in [-0.1, -0.05) is 15.9 Å². The molecule has 0 bridgehead atoms. The summed E-state index contributed by atoms with van der Waals surface area (Å²) in [5.41, 5.74) is 1.27. The van der Waals surface area contributed by atoms with Crippen molar-refractivity contribution in [3.8, 4) is 5.75 Å². The third kappa shape index (κ3) is 2.34. The summed E-state index contributed by atoms with van der Waals surface area (Å²) >= 11 is 5.25. The van der Waals surface area contributed by atoms with Gasteiger partial charge in [0, 0.05) is 10.0 Å². The Morgan fingerprint density at radius 2 is 2.31 bits per heavy atom. The van der Waals surface area contributed by atoms with Crippen LogP contribution in [0, 0.1) is 0 Å². The Morgan fingerprint density at radius 1 is 1.62 bits per heavy atom. The highest BCUT2D eigenvalue weighted by Gasteiger charge is 2.08. The second-order valence-electron chi connectivity index (χ2n) is 2.28. The maximum absolute atomic E-state index is 10.7. The molecule has 0 saturated heterocycles. The highest BCUT2D eigenvalue weighted by atomic mass is 127. The molecule has 0 radical (unpaired) electrons. The predicted octanol–water partition coefficient (Wildman–Crippen LogP) is 3.03. The fraction of sp³-hybridized carbons (Fsp3) is 0.125. The minimum atomic E-state index is 0.570. The Morgan fingerprint density at radius 3 is 2.77 bits per heavy atom. The minimum absolute atomic E-state index is 0.570. The number of anilines is 1. The number of nitrogens with one attached hydrogen (secondary N) is 1. The molecular weight excluding hydrogens is 349 g/mol. The van der Waals surface area contributed by atoms with Crippen LogP contribution < -0.4 is 8.27 Å². The van der Waals surface area contributed by atoms with E-state index in [2.05, 4.69) is 19.5 Å². The van der Waals surface area contributed by atoms with Crippen LogP contribution in [0.25, 0.3) is 0 Å². The van der Waals surface area contributed by atoms with E-state index in [9.17, 15) is 4.79 Å². The molecule has 1 aromatic carbocycles. The Bertz CT molecular complexity index is 330. The lowest BCUT2D eigenvalue weighted by atomic mass is 10.2. The van der Waals surface area contributed by atoms with Crippen LogP contribution >= 0.6 is 38.8 Å². The first-order valence-electron chi connectivity index (χ1n) is 3.42. The lowest BCUT2D eigenvalue weighted by Gasteiger charge is -2.09. The molecule has 0 atom stereocenters. The van der Waals surface area contributed by atoms with Gasteiger partial charge in [0.05, 0.1) is 35.7 Å². The van der Waals surface area contributed by atoms with E-state index in [-0.39, 0.29) is 0 Å². The van der Waals surface area contributed by atoms with E-state index < -0.39 is 0 Å². The minimum Gasteiger partial charge on any atom is -0.494 e. The molecule has 0 fully saturated rings. The van der Waals surface area contributed by atoms with E-state index in [1.165, 1.54) is 0 Å². The van der Waals surface area contributed by atoms with E-state index in [0.29, 0.717) is 17.0 Å². The van der Waals surface area contributed by atoms with Crippen LogP contribution in [0.4, 0.5) is 5.69 Å². The summed E-state index contributed by atoms with van der Waals surface area (Å²) in [5, 5.41) is 0. The maximum atomic E-state index is 10.7. The number of rotatable bonds is 3. The molecule has 1 N–H and O–H groups in total. The van der Waals surface area contributed by atoms with Gasteiger partial charge in [-0.3, -0.25) is 4.79 Å². The van der Waals surface area contributed by atoms with E-state index in [1.54, 1.807) is 19.2 Å². The van der Waals surface area contributed by atoms with E-state index >= 15 is 0 Å². The first kappa shape index (κ1) is 10.8. The predicted molar refractivity (Wildman–Crippen MR) is 63.7 cm³/mol. The van der Waals surface area contributed by atoms with Crippen LogP contribution in [0.15, 0.2) is 16.6 Å². The van der Waals surface area contributed by atoms with Gasteiger partial charge in [-0.15, -0.1) is 0 Å². The fourth-order valence-corrected chi connectivity index (χ4v) is 1.99. The lowest BCUT2D eigenvalue weighted by molar-refractivity contribution is 0.112. The molecule has 13 heavy (non-hydrogen) atoms. The van der Waals surface area contributed by atoms with Gasteiger partial charge >= 0.3 is 0 Å². The van der Waals surface area contributed by atoms with Gasteiger partial charge in [0.15, 0.2) is 6.29 Å². The lowest BCUT2D eigenvalue weighted by Crippen LogP contribution is -1.94. The van der Waals surface area contributed by atoms with Crippen LogP contribution in [0.3, 0.4) is 0 Å². The Kier molecular flexibility index (Phi) is 3.98. The molecular formula is C8H7BrINO2. The van der Waals surface area contributed by atoms with Crippen molar-refractivity contribution in [1.29, 1.82) is 0 Å². The standard InChI is InChI=1S/C8H7BrINO2/c1-13-7-3-6(9)2-5(4-12)8(7)11-10/h2-4,11H,1H3. The number of aldehydes is 1. The van der Waals surface area contributed by atoms with Gasteiger partial charge in [-0.2, -0.15) is 0 Å². The molecule has 70 valence electrons. The zero-order valence-electron chi connectivity index (χ0n) is 6.80. The number of hydrogen-bond acceptors (Lipinski definition) is 3.